The van der Waals surface area contributed by atoms with Crippen molar-refractivity contribution in [3.8, 4) is 22.6 Å². The third-order valence-corrected chi connectivity index (χ3v) is 6.27. The van der Waals surface area contributed by atoms with Gasteiger partial charge in [0.25, 0.3) is 0 Å². The number of hydrogen-bond donors (Lipinski definition) is 0. The van der Waals surface area contributed by atoms with Gasteiger partial charge >= 0.3 is 0 Å². The first-order valence-corrected chi connectivity index (χ1v) is 12.9. The Morgan fingerprint density at radius 1 is 0.559 bits per heavy atom. The molecule has 0 aliphatic carbocycles. The van der Waals surface area contributed by atoms with Crippen molar-refractivity contribution >= 4 is 0 Å². The molecule has 2 heterocycles. The van der Waals surface area contributed by atoms with E-state index < -0.39 is 11.6 Å². The smallest absolute Gasteiger partial charge is 0.170 e. The van der Waals surface area contributed by atoms with Crippen LogP contribution in [0.1, 0.15) is 89.2 Å². The highest BCUT2D eigenvalue weighted by Crippen LogP contribution is 2.29. The van der Waals surface area contributed by atoms with Crippen LogP contribution in [0.25, 0.3) is 22.6 Å². The van der Waals surface area contributed by atoms with E-state index in [0.29, 0.717) is 5.69 Å². The Balaban J connectivity index is 1.63. The molecule has 0 bridgehead atoms. The number of rotatable bonds is 14. The highest BCUT2D eigenvalue weighted by Gasteiger charge is 2.18. The van der Waals surface area contributed by atoms with Crippen LogP contribution in [-0.2, 0) is 12.8 Å². The highest BCUT2D eigenvalue weighted by molar-refractivity contribution is 5.66. The molecule has 3 aromatic rings. The predicted molar refractivity (Wildman–Crippen MR) is 136 cm³/mol. The van der Waals surface area contributed by atoms with Crippen molar-refractivity contribution in [3.63, 3.8) is 0 Å². The largest absolute Gasteiger partial charge is 0.256 e. The number of hydrogen-bond acceptors (Lipinski definition) is 3. The summed E-state index contributed by atoms with van der Waals surface area (Å²) in [5.74, 6) is -1.66. The monoisotopic (exact) mass is 465 g/mol. The molecule has 1 aromatic carbocycles. The first-order valence-electron chi connectivity index (χ1n) is 12.9. The second-order valence-electron chi connectivity index (χ2n) is 9.08. The molecule has 2 aromatic heterocycles. The first kappa shape index (κ1) is 25.9. The highest BCUT2D eigenvalue weighted by atomic mass is 19.2. The minimum Gasteiger partial charge on any atom is -0.256 e. The van der Waals surface area contributed by atoms with E-state index in [1.807, 2.05) is 6.07 Å². The van der Waals surface area contributed by atoms with E-state index in [0.717, 1.165) is 36.8 Å². The minimum absolute atomic E-state index is 0.0689. The van der Waals surface area contributed by atoms with Crippen LogP contribution in [0.5, 0.6) is 0 Å². The van der Waals surface area contributed by atoms with Gasteiger partial charge in [-0.15, -0.1) is 0 Å². The quantitative estimate of drug-likeness (QED) is 0.224. The zero-order valence-corrected chi connectivity index (χ0v) is 20.6. The van der Waals surface area contributed by atoms with Crippen LogP contribution >= 0.6 is 0 Å². The van der Waals surface area contributed by atoms with Crippen molar-refractivity contribution in [2.75, 3.05) is 0 Å². The molecule has 0 spiro atoms. The van der Waals surface area contributed by atoms with Crippen LogP contribution in [0, 0.1) is 11.6 Å². The summed E-state index contributed by atoms with van der Waals surface area (Å²) in [6.07, 6.45) is 19.1. The Morgan fingerprint density at radius 3 is 1.68 bits per heavy atom. The fourth-order valence-corrected chi connectivity index (χ4v) is 4.14. The van der Waals surface area contributed by atoms with Crippen LogP contribution in [0.2, 0.25) is 0 Å². The van der Waals surface area contributed by atoms with Gasteiger partial charge in [-0.3, -0.25) is 4.98 Å². The fourth-order valence-electron chi connectivity index (χ4n) is 4.14. The predicted octanol–water partition coefficient (Wildman–Crippen LogP) is 8.51. The van der Waals surface area contributed by atoms with E-state index in [9.17, 15) is 8.78 Å². The van der Waals surface area contributed by atoms with E-state index in [2.05, 4.69) is 28.8 Å². The number of nitrogens with zero attached hydrogens (tertiary/aromatic N) is 3. The van der Waals surface area contributed by atoms with Crippen LogP contribution in [0.15, 0.2) is 42.9 Å². The second kappa shape index (κ2) is 13.9. The van der Waals surface area contributed by atoms with Crippen LogP contribution in [0.3, 0.4) is 0 Å². The van der Waals surface area contributed by atoms with Gasteiger partial charge in [0.2, 0.25) is 0 Å². The number of unbranched alkanes of at least 4 members (excludes halogenated alkanes) is 8. The summed E-state index contributed by atoms with van der Waals surface area (Å²) in [5.41, 5.74) is 2.79. The van der Waals surface area contributed by atoms with Crippen molar-refractivity contribution in [1.82, 2.24) is 15.0 Å². The van der Waals surface area contributed by atoms with E-state index in [-0.39, 0.29) is 17.0 Å². The van der Waals surface area contributed by atoms with Gasteiger partial charge in [0.1, 0.15) is 0 Å². The standard InChI is InChI=1S/C29H37F2N3/c1-3-5-7-9-11-13-22-15-18-26(32-19-22)24-16-17-25(28(31)27(24)30)29-33-20-23(21-34-29)14-12-10-8-6-4-2/h15-21H,3-14H2,1-2H3. The Bertz CT molecular complexity index is 919. The third kappa shape index (κ3) is 7.41. The number of pyridine rings is 1. The SMILES string of the molecule is CCCCCCCc1ccc(-c2ccc(-c3ncc(CCCCCCC)cn3)c(F)c2F)nc1. The van der Waals surface area contributed by atoms with Crippen LogP contribution < -0.4 is 0 Å². The number of benzene rings is 1. The molecular formula is C29H37F2N3. The van der Waals surface area contributed by atoms with E-state index in [4.69, 9.17) is 0 Å². The average Bonchev–Trinajstić information content (AvgIpc) is 2.86. The molecule has 0 saturated heterocycles. The summed E-state index contributed by atoms with van der Waals surface area (Å²) in [7, 11) is 0. The number of aromatic nitrogens is 3. The zero-order chi connectivity index (χ0) is 24.2. The summed E-state index contributed by atoms with van der Waals surface area (Å²) in [4.78, 5) is 13.0. The van der Waals surface area contributed by atoms with Gasteiger partial charge < -0.3 is 0 Å². The van der Waals surface area contributed by atoms with Gasteiger partial charge in [-0.2, -0.15) is 0 Å². The zero-order valence-electron chi connectivity index (χ0n) is 20.6. The normalized spacial score (nSPS) is 11.2. The number of halogens is 2. The molecule has 0 unspecified atom stereocenters. The van der Waals surface area contributed by atoms with Crippen molar-refractivity contribution in [2.24, 2.45) is 0 Å². The fraction of sp³-hybridized carbons (Fsp3) is 0.483. The Hall–Kier alpha value is -2.69. The summed E-state index contributed by atoms with van der Waals surface area (Å²) < 4.78 is 29.9. The molecule has 3 nitrogen and oxygen atoms in total. The Kier molecular flexibility index (Phi) is 10.6. The van der Waals surface area contributed by atoms with Crippen LogP contribution in [0.4, 0.5) is 8.78 Å². The maximum atomic E-state index is 14.9. The lowest BCUT2D eigenvalue weighted by molar-refractivity contribution is 0.512. The van der Waals surface area contributed by atoms with Gasteiger partial charge in [-0.25, -0.2) is 18.7 Å². The maximum absolute atomic E-state index is 14.9. The van der Waals surface area contributed by atoms with Crippen LogP contribution in [-0.4, -0.2) is 15.0 Å². The van der Waals surface area contributed by atoms with Crippen molar-refractivity contribution in [1.29, 1.82) is 0 Å². The topological polar surface area (TPSA) is 38.7 Å². The summed E-state index contributed by atoms with van der Waals surface area (Å²) in [6.45, 7) is 4.40. The number of aryl methyl sites for hydroxylation is 2. The Morgan fingerprint density at radius 2 is 1.09 bits per heavy atom. The summed E-state index contributed by atoms with van der Waals surface area (Å²) >= 11 is 0. The molecule has 182 valence electrons. The molecule has 5 heteroatoms. The molecule has 0 fully saturated rings. The molecule has 3 rings (SSSR count). The van der Waals surface area contributed by atoms with Crippen molar-refractivity contribution in [2.45, 2.75) is 90.9 Å². The molecular weight excluding hydrogens is 428 g/mol. The van der Waals surface area contributed by atoms with Gasteiger partial charge in [0.15, 0.2) is 17.5 Å². The molecule has 0 saturated carbocycles. The van der Waals surface area contributed by atoms with Gasteiger partial charge in [0.05, 0.1) is 11.3 Å². The molecule has 0 N–H and O–H groups in total. The molecule has 0 aliphatic rings. The van der Waals surface area contributed by atoms with Gasteiger partial charge in [0, 0.05) is 24.2 Å². The third-order valence-electron chi connectivity index (χ3n) is 6.27. The van der Waals surface area contributed by atoms with Gasteiger partial charge in [-0.05, 0) is 55.0 Å². The molecule has 0 aliphatic heterocycles. The molecule has 0 atom stereocenters. The molecule has 0 radical (unpaired) electrons. The first-order chi connectivity index (χ1) is 16.6. The van der Waals surface area contributed by atoms with E-state index in [1.165, 1.54) is 57.4 Å². The lowest BCUT2D eigenvalue weighted by atomic mass is 10.0. The summed E-state index contributed by atoms with van der Waals surface area (Å²) in [5, 5.41) is 0. The molecule has 34 heavy (non-hydrogen) atoms. The Labute approximate surface area is 203 Å². The summed E-state index contributed by atoms with van der Waals surface area (Å²) in [6, 6.07) is 6.82. The lowest BCUT2D eigenvalue weighted by Crippen LogP contribution is -1.99. The van der Waals surface area contributed by atoms with Gasteiger partial charge in [-0.1, -0.05) is 71.3 Å². The minimum atomic E-state index is -0.938. The van der Waals surface area contributed by atoms with Crippen molar-refractivity contribution < 1.29 is 8.78 Å². The van der Waals surface area contributed by atoms with E-state index >= 15 is 0 Å². The second-order valence-corrected chi connectivity index (χ2v) is 9.08. The van der Waals surface area contributed by atoms with E-state index in [1.54, 1.807) is 30.7 Å². The van der Waals surface area contributed by atoms with Crippen molar-refractivity contribution in [3.05, 3.63) is 65.6 Å². The maximum Gasteiger partial charge on any atom is 0.170 e. The molecule has 0 amide bonds. The average molecular weight is 466 g/mol. The lowest BCUT2D eigenvalue weighted by Gasteiger charge is -2.09.